The summed E-state index contributed by atoms with van der Waals surface area (Å²) in [7, 11) is 0. The largest absolute Gasteiger partial charge is 0.481 e. The molecule has 1 saturated heterocycles. The van der Waals surface area contributed by atoms with Crippen molar-refractivity contribution in [2.45, 2.75) is 13.0 Å². The summed E-state index contributed by atoms with van der Waals surface area (Å²) in [5, 5.41) is 0. The minimum absolute atomic E-state index is 0.111. The van der Waals surface area contributed by atoms with Crippen LogP contribution in [0.4, 0.5) is 4.39 Å². The van der Waals surface area contributed by atoms with E-state index in [-0.39, 0.29) is 24.3 Å². The van der Waals surface area contributed by atoms with E-state index in [2.05, 4.69) is 22.9 Å². The molecule has 2 heterocycles. The van der Waals surface area contributed by atoms with Gasteiger partial charge in [0, 0.05) is 44.6 Å². The lowest BCUT2D eigenvalue weighted by Gasteiger charge is -2.38. The minimum Gasteiger partial charge on any atom is -0.481 e. The van der Waals surface area contributed by atoms with Gasteiger partial charge in [-0.3, -0.25) is 14.7 Å². The summed E-state index contributed by atoms with van der Waals surface area (Å²) >= 11 is 0. The predicted octanol–water partition coefficient (Wildman–Crippen LogP) is 2.50. The topological polar surface area (TPSA) is 45.7 Å². The Kier molecular flexibility index (Phi) is 5.60. The number of carbonyl (C=O) groups is 1. The van der Waals surface area contributed by atoms with Crippen LogP contribution < -0.4 is 4.74 Å². The van der Waals surface area contributed by atoms with Gasteiger partial charge in [-0.25, -0.2) is 4.39 Å². The Morgan fingerprint density at radius 1 is 1.20 bits per heavy atom. The van der Waals surface area contributed by atoms with Crippen LogP contribution >= 0.6 is 0 Å². The van der Waals surface area contributed by atoms with Gasteiger partial charge >= 0.3 is 0 Å². The van der Waals surface area contributed by atoms with Crippen LogP contribution in [-0.2, 0) is 4.79 Å². The Hall–Kier alpha value is -2.47. The number of rotatable bonds is 5. The van der Waals surface area contributed by atoms with Crippen LogP contribution in [0.25, 0.3) is 0 Å². The van der Waals surface area contributed by atoms with E-state index in [0.29, 0.717) is 13.1 Å². The third-order valence-corrected chi connectivity index (χ3v) is 4.57. The molecule has 1 fully saturated rings. The summed E-state index contributed by atoms with van der Waals surface area (Å²) in [4.78, 5) is 20.5. The minimum atomic E-state index is -0.453. The molecule has 0 spiro atoms. The Bertz CT molecular complexity index is 703. The summed E-state index contributed by atoms with van der Waals surface area (Å²) in [6, 6.07) is 10.4. The molecule has 6 heteroatoms. The first-order chi connectivity index (χ1) is 12.1. The van der Waals surface area contributed by atoms with Gasteiger partial charge in [-0.15, -0.1) is 0 Å². The summed E-state index contributed by atoms with van der Waals surface area (Å²) in [5.41, 5.74) is 1.17. The lowest BCUT2D eigenvalue weighted by Crippen LogP contribution is -2.50. The Labute approximate surface area is 147 Å². The highest BCUT2D eigenvalue weighted by atomic mass is 19.1. The number of para-hydroxylation sites is 1. The zero-order chi connectivity index (χ0) is 17.6. The Balaban J connectivity index is 1.48. The van der Waals surface area contributed by atoms with Gasteiger partial charge in [0.05, 0.1) is 0 Å². The monoisotopic (exact) mass is 343 g/mol. The van der Waals surface area contributed by atoms with Gasteiger partial charge in [0.2, 0.25) is 0 Å². The second kappa shape index (κ2) is 8.07. The van der Waals surface area contributed by atoms with Crippen LogP contribution in [-0.4, -0.2) is 53.5 Å². The van der Waals surface area contributed by atoms with E-state index in [1.807, 2.05) is 12.3 Å². The molecular weight excluding hydrogens is 321 g/mol. The number of ether oxygens (including phenoxy) is 1. The molecule has 1 aromatic heterocycles. The maximum atomic E-state index is 13.5. The lowest BCUT2D eigenvalue weighted by atomic mass is 10.1. The average molecular weight is 343 g/mol. The average Bonchev–Trinajstić information content (AvgIpc) is 2.67. The molecule has 1 amide bonds. The number of piperazine rings is 1. The van der Waals surface area contributed by atoms with Crippen molar-refractivity contribution in [3.8, 4) is 5.75 Å². The molecule has 0 N–H and O–H groups in total. The highest BCUT2D eigenvalue weighted by Crippen LogP contribution is 2.21. The van der Waals surface area contributed by atoms with Crippen LogP contribution in [0.2, 0.25) is 0 Å². The van der Waals surface area contributed by atoms with Gasteiger partial charge in [0.1, 0.15) is 0 Å². The number of nitrogens with zero attached hydrogens (tertiary/aromatic N) is 3. The van der Waals surface area contributed by atoms with Gasteiger partial charge < -0.3 is 9.64 Å². The van der Waals surface area contributed by atoms with Crippen LogP contribution in [0.1, 0.15) is 18.5 Å². The molecule has 25 heavy (non-hydrogen) atoms. The number of benzene rings is 1. The van der Waals surface area contributed by atoms with Gasteiger partial charge in [-0.2, -0.15) is 0 Å². The molecule has 0 saturated carbocycles. The molecule has 132 valence electrons. The quantitative estimate of drug-likeness (QED) is 0.837. The van der Waals surface area contributed by atoms with Gasteiger partial charge in [0.15, 0.2) is 18.2 Å². The fourth-order valence-corrected chi connectivity index (χ4v) is 2.99. The number of pyridine rings is 1. The summed E-state index contributed by atoms with van der Waals surface area (Å²) in [6.07, 6.45) is 3.65. The molecule has 1 aromatic carbocycles. The normalized spacial score (nSPS) is 16.5. The molecule has 2 aromatic rings. The second-order valence-corrected chi connectivity index (χ2v) is 6.10. The standard InChI is InChI=1S/C19H22FN3O2/c1-15(16-5-4-8-21-13-16)22-9-11-23(12-10-22)19(24)14-25-18-7-3-2-6-17(18)20/h2-8,13,15H,9-12,14H2,1H3/t15-/m0/s1. The van der Waals surface area contributed by atoms with Crippen molar-refractivity contribution in [1.29, 1.82) is 0 Å². The highest BCUT2D eigenvalue weighted by molar-refractivity contribution is 5.77. The van der Waals surface area contributed by atoms with Gasteiger partial charge in [-0.1, -0.05) is 18.2 Å². The number of amides is 1. The number of hydrogen-bond donors (Lipinski definition) is 0. The molecule has 0 radical (unpaired) electrons. The third kappa shape index (κ3) is 4.33. The van der Waals surface area contributed by atoms with E-state index >= 15 is 0 Å². The second-order valence-electron chi connectivity index (χ2n) is 6.10. The van der Waals surface area contributed by atoms with Gasteiger partial charge in [0.25, 0.3) is 5.91 Å². The van der Waals surface area contributed by atoms with Crippen LogP contribution in [0, 0.1) is 5.82 Å². The van der Waals surface area contributed by atoms with Crippen LogP contribution in [0.3, 0.4) is 0 Å². The van der Waals surface area contributed by atoms with Crippen molar-refractivity contribution in [3.05, 3.63) is 60.2 Å². The molecule has 1 aliphatic heterocycles. The molecular formula is C19H22FN3O2. The molecule has 1 aliphatic rings. The van der Waals surface area contributed by atoms with E-state index < -0.39 is 5.82 Å². The fourth-order valence-electron chi connectivity index (χ4n) is 2.99. The molecule has 5 nitrogen and oxygen atoms in total. The van der Waals surface area contributed by atoms with E-state index in [0.717, 1.165) is 13.1 Å². The van der Waals surface area contributed by atoms with E-state index in [9.17, 15) is 9.18 Å². The van der Waals surface area contributed by atoms with E-state index in [4.69, 9.17) is 4.74 Å². The maximum Gasteiger partial charge on any atom is 0.260 e. The predicted molar refractivity (Wildman–Crippen MR) is 92.7 cm³/mol. The van der Waals surface area contributed by atoms with E-state index in [1.165, 1.54) is 17.7 Å². The Morgan fingerprint density at radius 2 is 1.96 bits per heavy atom. The van der Waals surface area contributed by atoms with Crippen molar-refractivity contribution in [2.24, 2.45) is 0 Å². The number of hydrogen-bond acceptors (Lipinski definition) is 4. The van der Waals surface area contributed by atoms with Crippen molar-refractivity contribution in [3.63, 3.8) is 0 Å². The Morgan fingerprint density at radius 3 is 2.64 bits per heavy atom. The summed E-state index contributed by atoms with van der Waals surface area (Å²) in [6.45, 7) is 4.88. The molecule has 0 bridgehead atoms. The van der Waals surface area contributed by atoms with Crippen molar-refractivity contribution in [2.75, 3.05) is 32.8 Å². The molecule has 0 unspecified atom stereocenters. The molecule has 0 aliphatic carbocycles. The first-order valence-corrected chi connectivity index (χ1v) is 8.44. The number of aromatic nitrogens is 1. The first kappa shape index (κ1) is 17.4. The highest BCUT2D eigenvalue weighted by Gasteiger charge is 2.25. The van der Waals surface area contributed by atoms with Crippen molar-refractivity contribution < 1.29 is 13.9 Å². The zero-order valence-electron chi connectivity index (χ0n) is 14.3. The van der Waals surface area contributed by atoms with Crippen LogP contribution in [0.5, 0.6) is 5.75 Å². The fraction of sp³-hybridized carbons (Fsp3) is 0.368. The molecule has 3 rings (SSSR count). The zero-order valence-corrected chi connectivity index (χ0v) is 14.3. The number of halogens is 1. The maximum absolute atomic E-state index is 13.5. The SMILES string of the molecule is C[C@@H](c1cccnc1)N1CCN(C(=O)COc2ccccc2F)CC1. The van der Waals surface area contributed by atoms with Gasteiger partial charge in [-0.05, 0) is 30.7 Å². The molecule has 1 atom stereocenters. The first-order valence-electron chi connectivity index (χ1n) is 8.44. The summed E-state index contributed by atoms with van der Waals surface area (Å²) in [5.74, 6) is -0.456. The summed E-state index contributed by atoms with van der Waals surface area (Å²) < 4.78 is 18.8. The smallest absolute Gasteiger partial charge is 0.260 e. The van der Waals surface area contributed by atoms with E-state index in [1.54, 1.807) is 23.2 Å². The number of carbonyl (C=O) groups excluding carboxylic acids is 1. The van der Waals surface area contributed by atoms with Crippen molar-refractivity contribution >= 4 is 5.91 Å². The van der Waals surface area contributed by atoms with Crippen molar-refractivity contribution in [1.82, 2.24) is 14.8 Å². The lowest BCUT2D eigenvalue weighted by molar-refractivity contribution is -0.135. The third-order valence-electron chi connectivity index (χ3n) is 4.57. The van der Waals surface area contributed by atoms with Crippen LogP contribution in [0.15, 0.2) is 48.8 Å².